The number of hydrogen-bond acceptors (Lipinski definition) is 2. The van der Waals surface area contributed by atoms with Gasteiger partial charge < -0.3 is 4.57 Å². The first kappa shape index (κ1) is 22.4. The van der Waals surface area contributed by atoms with Crippen LogP contribution in [0.5, 0.6) is 0 Å². The number of nitrogens with zero attached hydrogens (tertiary/aromatic N) is 1. The lowest BCUT2D eigenvalue weighted by molar-refractivity contribution is -0.254. The minimum atomic E-state index is -5.64. The molecule has 164 valence electrons. The molecule has 3 aromatic rings. The Morgan fingerprint density at radius 3 is 2.19 bits per heavy atom. The number of allylic oxidation sites excluding steroid dienone is 2. The Bertz CT molecular complexity index is 1290. The molecular formula is C21H14F6INOS. The van der Waals surface area contributed by atoms with Crippen LogP contribution in [0.2, 0.25) is 0 Å². The van der Waals surface area contributed by atoms with Crippen LogP contribution in [-0.4, -0.2) is 28.6 Å². The molecule has 2 nitrogen and oxygen atoms in total. The topological polar surface area (TPSA) is 22.0 Å². The highest BCUT2D eigenvalue weighted by Crippen LogP contribution is 2.66. The SMILES string of the molecule is Cc1sc(C=O)cc1C1=C(c2c(C)n(C)c3ccc(I)cc23)C(F)(F)C(F)(F)C1(F)F. The molecule has 0 spiro atoms. The second kappa shape index (κ2) is 6.84. The number of aryl methyl sites for hydroxylation is 2. The largest absolute Gasteiger partial charge is 0.380 e. The van der Waals surface area contributed by atoms with Crippen LogP contribution in [0.4, 0.5) is 26.3 Å². The molecule has 1 aliphatic rings. The van der Waals surface area contributed by atoms with Crippen molar-refractivity contribution in [2.45, 2.75) is 31.6 Å². The molecule has 10 heteroatoms. The molecule has 0 saturated carbocycles. The molecule has 0 unspecified atom stereocenters. The number of thiophene rings is 1. The van der Waals surface area contributed by atoms with Crippen LogP contribution in [0.15, 0.2) is 24.3 Å². The van der Waals surface area contributed by atoms with E-state index in [0.29, 0.717) is 15.4 Å². The van der Waals surface area contributed by atoms with Crippen molar-refractivity contribution in [3.05, 3.63) is 54.4 Å². The maximum absolute atomic E-state index is 15.2. The lowest BCUT2D eigenvalue weighted by Gasteiger charge is -2.26. The Hall–Kier alpha value is -1.82. The second-order valence-corrected chi connectivity index (χ2v) is 9.92. The van der Waals surface area contributed by atoms with E-state index in [9.17, 15) is 13.6 Å². The first-order valence-corrected chi connectivity index (χ1v) is 10.9. The van der Waals surface area contributed by atoms with Gasteiger partial charge in [-0.1, -0.05) is 0 Å². The van der Waals surface area contributed by atoms with Gasteiger partial charge in [0.15, 0.2) is 6.29 Å². The van der Waals surface area contributed by atoms with Gasteiger partial charge in [0.2, 0.25) is 0 Å². The van der Waals surface area contributed by atoms with Crippen LogP contribution < -0.4 is 0 Å². The molecule has 0 radical (unpaired) electrons. The number of halogens is 7. The molecule has 0 aliphatic heterocycles. The molecule has 0 N–H and O–H groups in total. The van der Waals surface area contributed by atoms with Crippen molar-refractivity contribution in [3.63, 3.8) is 0 Å². The summed E-state index contributed by atoms with van der Waals surface area (Å²) in [5.41, 5.74) is -3.03. The summed E-state index contributed by atoms with van der Waals surface area (Å²) in [5.74, 6) is -15.9. The third-order valence-corrected chi connectivity index (χ3v) is 7.34. The molecule has 4 rings (SSSR count). The summed E-state index contributed by atoms with van der Waals surface area (Å²) in [6.45, 7) is 2.76. The van der Waals surface area contributed by atoms with Gasteiger partial charge in [-0.2, -0.15) is 26.3 Å². The van der Waals surface area contributed by atoms with Crippen LogP contribution in [-0.2, 0) is 7.05 Å². The zero-order valence-electron chi connectivity index (χ0n) is 16.3. The van der Waals surface area contributed by atoms with E-state index in [2.05, 4.69) is 0 Å². The zero-order chi connectivity index (χ0) is 23.1. The number of carbonyl (C=O) groups is 1. The Kier molecular flexibility index (Phi) is 4.94. The standard InChI is InChI=1S/C21H14F6INOS/c1-9-16(14-6-11(28)4-5-15(14)29(9)3)18-17(13-7-12(8-30)31-10(13)2)19(22,23)21(26,27)20(18,24)25/h4-8H,1-3H3. The Morgan fingerprint density at radius 2 is 1.61 bits per heavy atom. The van der Waals surface area contributed by atoms with Gasteiger partial charge in [0, 0.05) is 48.8 Å². The van der Waals surface area contributed by atoms with Crippen molar-refractivity contribution < 1.29 is 31.1 Å². The smallest absolute Gasteiger partial charge is 0.347 e. The number of carbonyl (C=O) groups excluding carboxylic acids is 1. The Morgan fingerprint density at radius 1 is 1.00 bits per heavy atom. The normalized spacial score (nSPS) is 19.4. The van der Waals surface area contributed by atoms with Gasteiger partial charge in [-0.3, -0.25) is 4.79 Å². The number of fused-ring (bicyclic) bond motifs is 1. The van der Waals surface area contributed by atoms with Crippen LogP contribution in [0, 0.1) is 17.4 Å². The number of hydrogen-bond donors (Lipinski definition) is 0. The molecule has 2 aromatic heterocycles. The summed E-state index contributed by atoms with van der Waals surface area (Å²) in [4.78, 5) is 11.2. The molecule has 0 amide bonds. The Balaban J connectivity index is 2.23. The third kappa shape index (κ3) is 2.79. The van der Waals surface area contributed by atoms with Crippen molar-refractivity contribution in [3.8, 4) is 0 Å². The van der Waals surface area contributed by atoms with Gasteiger partial charge in [-0.25, -0.2) is 0 Å². The molecule has 2 heterocycles. The van der Waals surface area contributed by atoms with E-state index < -0.39 is 34.5 Å². The molecular weight excluding hydrogens is 555 g/mol. The van der Waals surface area contributed by atoms with Gasteiger partial charge in [0.05, 0.1) is 4.88 Å². The molecule has 0 fully saturated rings. The lowest BCUT2D eigenvalue weighted by atomic mass is 9.93. The van der Waals surface area contributed by atoms with E-state index in [0.717, 1.165) is 17.4 Å². The van der Waals surface area contributed by atoms with E-state index in [1.54, 1.807) is 19.2 Å². The first-order valence-electron chi connectivity index (χ1n) is 8.97. The summed E-state index contributed by atoms with van der Waals surface area (Å²) < 4.78 is 91.8. The number of aromatic nitrogens is 1. The monoisotopic (exact) mass is 569 g/mol. The van der Waals surface area contributed by atoms with Crippen LogP contribution in [0.3, 0.4) is 0 Å². The van der Waals surface area contributed by atoms with Crippen molar-refractivity contribution in [1.29, 1.82) is 0 Å². The predicted octanol–water partition coefficient (Wildman–Crippen LogP) is 7.10. The summed E-state index contributed by atoms with van der Waals surface area (Å²) in [6, 6.07) is 5.80. The van der Waals surface area contributed by atoms with Gasteiger partial charge in [-0.05, 0) is 66.3 Å². The van der Waals surface area contributed by atoms with E-state index in [1.807, 2.05) is 22.6 Å². The lowest BCUT2D eigenvalue weighted by Crippen LogP contribution is -2.49. The van der Waals surface area contributed by atoms with Gasteiger partial charge in [0.1, 0.15) is 0 Å². The fourth-order valence-corrected chi connectivity index (χ4v) is 5.42. The highest BCUT2D eigenvalue weighted by molar-refractivity contribution is 14.1. The Labute approximate surface area is 190 Å². The fourth-order valence-electron chi connectivity index (χ4n) is 4.08. The minimum absolute atomic E-state index is 0.0159. The van der Waals surface area contributed by atoms with Crippen molar-refractivity contribution in [2.75, 3.05) is 0 Å². The van der Waals surface area contributed by atoms with E-state index in [1.165, 1.54) is 24.5 Å². The molecule has 0 bridgehead atoms. The average molecular weight is 569 g/mol. The molecule has 0 atom stereocenters. The average Bonchev–Trinajstić information content (AvgIpc) is 3.19. The highest BCUT2D eigenvalue weighted by Gasteiger charge is 2.80. The van der Waals surface area contributed by atoms with Crippen LogP contribution in [0.25, 0.3) is 22.0 Å². The number of aldehydes is 1. The summed E-state index contributed by atoms with van der Waals surface area (Å²) in [7, 11) is 1.55. The fraction of sp³-hybridized carbons (Fsp3) is 0.286. The van der Waals surface area contributed by atoms with Gasteiger partial charge in [-0.15, -0.1) is 11.3 Å². The van der Waals surface area contributed by atoms with Crippen LogP contribution in [0.1, 0.15) is 31.4 Å². The van der Waals surface area contributed by atoms with Crippen molar-refractivity contribution in [2.24, 2.45) is 7.05 Å². The summed E-state index contributed by atoms with van der Waals surface area (Å²) in [6.07, 6.45) is 0.371. The third-order valence-electron chi connectivity index (χ3n) is 5.69. The van der Waals surface area contributed by atoms with Crippen LogP contribution >= 0.6 is 33.9 Å². The molecule has 31 heavy (non-hydrogen) atoms. The highest BCUT2D eigenvalue weighted by atomic mass is 127. The van der Waals surface area contributed by atoms with Crippen molar-refractivity contribution >= 4 is 62.3 Å². The molecule has 1 aromatic carbocycles. The maximum atomic E-state index is 15.2. The second-order valence-electron chi connectivity index (χ2n) is 7.39. The molecule has 0 saturated heterocycles. The minimum Gasteiger partial charge on any atom is -0.347 e. The van der Waals surface area contributed by atoms with Gasteiger partial charge in [0.25, 0.3) is 0 Å². The van der Waals surface area contributed by atoms with E-state index in [4.69, 9.17) is 0 Å². The molecule has 1 aliphatic carbocycles. The van der Waals surface area contributed by atoms with E-state index in [-0.39, 0.29) is 26.4 Å². The van der Waals surface area contributed by atoms with Crippen molar-refractivity contribution in [1.82, 2.24) is 4.57 Å². The number of benzene rings is 1. The predicted molar refractivity (Wildman–Crippen MR) is 116 cm³/mol. The summed E-state index contributed by atoms with van der Waals surface area (Å²) in [5, 5.41) is 0.177. The quantitative estimate of drug-likeness (QED) is 0.187. The van der Waals surface area contributed by atoms with E-state index >= 15 is 17.6 Å². The number of rotatable bonds is 3. The number of alkyl halides is 6. The maximum Gasteiger partial charge on any atom is 0.380 e. The summed E-state index contributed by atoms with van der Waals surface area (Å²) >= 11 is 2.72. The first-order chi connectivity index (χ1) is 14.3. The zero-order valence-corrected chi connectivity index (χ0v) is 19.3. The van der Waals surface area contributed by atoms with Gasteiger partial charge >= 0.3 is 17.8 Å².